The zero-order chi connectivity index (χ0) is 18.0. The summed E-state index contributed by atoms with van der Waals surface area (Å²) >= 11 is 0. The third-order valence-corrected chi connectivity index (χ3v) is 4.08. The van der Waals surface area contributed by atoms with Crippen LogP contribution in [0.2, 0.25) is 0 Å². The fraction of sp³-hybridized carbons (Fsp3) is 0.833. The molecule has 6 heteroatoms. The largest absolute Gasteiger partial charge is 0.481 e. The number of aliphatic carboxylic acids is 2. The summed E-state index contributed by atoms with van der Waals surface area (Å²) in [4.78, 5) is 31.6. The Hall–Kier alpha value is -1.43. The number of nitrogens with one attached hydrogen (secondary N) is 1. The van der Waals surface area contributed by atoms with Crippen molar-refractivity contribution in [2.45, 2.75) is 89.5 Å². The minimum Gasteiger partial charge on any atom is -0.481 e. The summed E-state index contributed by atoms with van der Waals surface area (Å²) in [6.45, 7) is 0.618. The molecular formula is C18H33NO5. The van der Waals surface area contributed by atoms with Gasteiger partial charge in [0.1, 0.15) is 12.3 Å². The van der Waals surface area contributed by atoms with Gasteiger partial charge in [-0.05, 0) is 25.8 Å². The van der Waals surface area contributed by atoms with Gasteiger partial charge in [0.2, 0.25) is 0 Å². The number of hydrogen-bond acceptors (Lipinski definition) is 4. The molecule has 1 atom stereocenters. The van der Waals surface area contributed by atoms with Crippen LogP contribution in [0.4, 0.5) is 0 Å². The van der Waals surface area contributed by atoms with Crippen molar-refractivity contribution >= 4 is 18.2 Å². The molecule has 0 aliphatic rings. The number of aldehydes is 1. The summed E-state index contributed by atoms with van der Waals surface area (Å²) in [5.41, 5.74) is 0. The highest BCUT2D eigenvalue weighted by atomic mass is 16.4. The van der Waals surface area contributed by atoms with E-state index in [0.29, 0.717) is 13.0 Å². The maximum Gasteiger partial charge on any atom is 0.320 e. The lowest BCUT2D eigenvalue weighted by Crippen LogP contribution is -2.37. The molecule has 0 bridgehead atoms. The molecule has 0 rings (SSSR count). The minimum absolute atomic E-state index is 0.123. The van der Waals surface area contributed by atoms with E-state index in [1.807, 2.05) is 0 Å². The van der Waals surface area contributed by atoms with Crippen LogP contribution >= 0.6 is 0 Å². The quantitative estimate of drug-likeness (QED) is 0.260. The molecule has 0 aliphatic heterocycles. The van der Waals surface area contributed by atoms with Gasteiger partial charge in [0.05, 0.1) is 0 Å². The molecule has 3 N–H and O–H groups in total. The summed E-state index contributed by atoms with van der Waals surface area (Å²) in [6, 6.07) is -0.764. The smallest absolute Gasteiger partial charge is 0.320 e. The highest BCUT2D eigenvalue weighted by molar-refractivity contribution is 5.75. The molecule has 0 aromatic rings. The molecule has 0 heterocycles. The van der Waals surface area contributed by atoms with Crippen LogP contribution in [0.15, 0.2) is 0 Å². The normalized spacial score (nSPS) is 12.0. The van der Waals surface area contributed by atoms with Crippen LogP contribution in [0.1, 0.15) is 83.5 Å². The lowest BCUT2D eigenvalue weighted by molar-refractivity contribution is -0.140. The molecular weight excluding hydrogens is 310 g/mol. The monoisotopic (exact) mass is 343 g/mol. The van der Waals surface area contributed by atoms with Gasteiger partial charge in [0.15, 0.2) is 0 Å². The number of carboxylic acid groups (broad SMARTS) is 2. The number of hydrogen-bond donors (Lipinski definition) is 3. The molecule has 0 saturated carbocycles. The van der Waals surface area contributed by atoms with E-state index in [9.17, 15) is 14.4 Å². The molecule has 6 nitrogen and oxygen atoms in total. The van der Waals surface area contributed by atoms with Crippen LogP contribution in [0.3, 0.4) is 0 Å². The fourth-order valence-electron chi connectivity index (χ4n) is 2.62. The summed E-state index contributed by atoms with van der Waals surface area (Å²) < 4.78 is 0. The average Bonchev–Trinajstić information content (AvgIpc) is 2.54. The predicted octanol–water partition coefficient (Wildman–Crippen LogP) is 3.38. The first-order chi connectivity index (χ1) is 11.6. The van der Waals surface area contributed by atoms with Crippen LogP contribution in [0.5, 0.6) is 0 Å². The Bertz CT molecular complexity index is 346. The molecule has 140 valence electrons. The molecule has 24 heavy (non-hydrogen) atoms. The molecule has 0 unspecified atom stereocenters. The number of carbonyl (C=O) groups is 3. The molecule has 0 saturated heterocycles. The zero-order valence-corrected chi connectivity index (χ0v) is 14.7. The van der Waals surface area contributed by atoms with E-state index in [2.05, 4.69) is 5.32 Å². The van der Waals surface area contributed by atoms with Crippen LogP contribution < -0.4 is 5.32 Å². The lowest BCUT2D eigenvalue weighted by Gasteiger charge is -2.13. The molecule has 0 spiro atoms. The predicted molar refractivity (Wildman–Crippen MR) is 93.1 cm³/mol. The van der Waals surface area contributed by atoms with Gasteiger partial charge in [0, 0.05) is 12.8 Å². The van der Waals surface area contributed by atoms with Crippen molar-refractivity contribution in [3.8, 4) is 0 Å². The standard InChI is InChI=1S/C18H33NO5/c20-15-11-9-7-5-3-1-2-4-6-8-10-14-19-16(18(23)24)12-13-17(21)22/h15-16,19H,1-14H2,(H,21,22)(H,23,24)/t16-/m1/s1. The van der Waals surface area contributed by atoms with E-state index in [4.69, 9.17) is 10.2 Å². The first kappa shape index (κ1) is 22.6. The second-order valence-electron chi connectivity index (χ2n) is 6.27. The first-order valence-corrected chi connectivity index (χ1v) is 9.19. The minimum atomic E-state index is -0.982. The summed E-state index contributed by atoms with van der Waals surface area (Å²) in [7, 11) is 0. The maximum absolute atomic E-state index is 11.0. The van der Waals surface area contributed by atoms with E-state index in [1.165, 1.54) is 32.1 Å². The maximum atomic E-state index is 11.0. The van der Waals surface area contributed by atoms with Crippen molar-refractivity contribution in [3.05, 3.63) is 0 Å². The number of carboxylic acids is 2. The summed E-state index contributed by atoms with van der Waals surface area (Å²) in [5.74, 6) is -1.95. The SMILES string of the molecule is O=CCCCCCCCCCCCCN[C@H](CCC(=O)O)C(=O)O. The molecule has 0 amide bonds. The Kier molecular flexibility index (Phi) is 15.4. The van der Waals surface area contributed by atoms with E-state index >= 15 is 0 Å². The van der Waals surface area contributed by atoms with Crippen LogP contribution in [-0.4, -0.2) is 41.0 Å². The van der Waals surface area contributed by atoms with E-state index in [-0.39, 0.29) is 12.8 Å². The van der Waals surface area contributed by atoms with Crippen LogP contribution in [0, 0.1) is 0 Å². The Morgan fingerprint density at radius 2 is 1.33 bits per heavy atom. The Morgan fingerprint density at radius 1 is 0.833 bits per heavy atom. The summed E-state index contributed by atoms with van der Waals surface area (Å²) in [5, 5.41) is 20.5. The summed E-state index contributed by atoms with van der Waals surface area (Å²) in [6.07, 6.45) is 13.1. The van der Waals surface area contributed by atoms with Gasteiger partial charge >= 0.3 is 11.9 Å². The van der Waals surface area contributed by atoms with Crippen LogP contribution in [-0.2, 0) is 14.4 Å². The van der Waals surface area contributed by atoms with Gasteiger partial charge in [-0.15, -0.1) is 0 Å². The zero-order valence-electron chi connectivity index (χ0n) is 14.7. The van der Waals surface area contributed by atoms with E-state index < -0.39 is 18.0 Å². The highest BCUT2D eigenvalue weighted by Gasteiger charge is 2.17. The Labute approximate surface area is 145 Å². The van der Waals surface area contributed by atoms with E-state index in [0.717, 1.165) is 38.4 Å². The van der Waals surface area contributed by atoms with Gasteiger partial charge < -0.3 is 20.3 Å². The van der Waals surface area contributed by atoms with Gasteiger partial charge in [-0.3, -0.25) is 9.59 Å². The van der Waals surface area contributed by atoms with Crippen molar-refractivity contribution in [2.75, 3.05) is 6.54 Å². The van der Waals surface area contributed by atoms with Crippen molar-refractivity contribution in [1.29, 1.82) is 0 Å². The average molecular weight is 343 g/mol. The molecule has 0 aromatic heterocycles. The highest BCUT2D eigenvalue weighted by Crippen LogP contribution is 2.11. The first-order valence-electron chi connectivity index (χ1n) is 9.19. The third kappa shape index (κ3) is 15.5. The van der Waals surface area contributed by atoms with Crippen molar-refractivity contribution in [3.63, 3.8) is 0 Å². The second-order valence-corrected chi connectivity index (χ2v) is 6.27. The van der Waals surface area contributed by atoms with Crippen molar-refractivity contribution < 1.29 is 24.6 Å². The van der Waals surface area contributed by atoms with E-state index in [1.54, 1.807) is 0 Å². The topological polar surface area (TPSA) is 104 Å². The Balaban J connectivity index is 3.38. The molecule has 0 aliphatic carbocycles. The second kappa shape index (κ2) is 16.4. The number of rotatable bonds is 18. The molecule has 0 fully saturated rings. The van der Waals surface area contributed by atoms with Gasteiger partial charge in [0.25, 0.3) is 0 Å². The Morgan fingerprint density at radius 3 is 1.79 bits per heavy atom. The van der Waals surface area contributed by atoms with Gasteiger partial charge in [-0.2, -0.15) is 0 Å². The van der Waals surface area contributed by atoms with Crippen molar-refractivity contribution in [1.82, 2.24) is 5.32 Å². The number of unbranched alkanes of at least 4 members (excludes halogenated alkanes) is 10. The number of carbonyl (C=O) groups excluding carboxylic acids is 1. The van der Waals surface area contributed by atoms with Crippen molar-refractivity contribution in [2.24, 2.45) is 0 Å². The van der Waals surface area contributed by atoms with Gasteiger partial charge in [-0.25, -0.2) is 0 Å². The third-order valence-electron chi connectivity index (χ3n) is 4.08. The lowest BCUT2D eigenvalue weighted by atomic mass is 10.1. The fourth-order valence-corrected chi connectivity index (χ4v) is 2.62. The molecule has 0 radical (unpaired) electrons. The molecule has 0 aromatic carbocycles. The van der Waals surface area contributed by atoms with Crippen LogP contribution in [0.25, 0.3) is 0 Å². The van der Waals surface area contributed by atoms with Gasteiger partial charge in [-0.1, -0.05) is 51.4 Å².